The topological polar surface area (TPSA) is 52.6 Å². The lowest BCUT2D eigenvalue weighted by atomic mass is 9.92. The molecule has 1 heterocycles. The highest BCUT2D eigenvalue weighted by Gasteiger charge is 2.29. The van der Waals surface area contributed by atoms with Gasteiger partial charge in [-0.25, -0.2) is 0 Å². The van der Waals surface area contributed by atoms with Gasteiger partial charge in [-0.1, -0.05) is 66.7 Å². The molecule has 2 atom stereocenters. The van der Waals surface area contributed by atoms with Gasteiger partial charge in [-0.05, 0) is 16.7 Å². The Kier molecular flexibility index (Phi) is 5.14. The van der Waals surface area contributed by atoms with Crippen LogP contribution in [-0.4, -0.2) is 27.4 Å². The van der Waals surface area contributed by atoms with Crippen LogP contribution in [0.1, 0.15) is 23.7 Å². The van der Waals surface area contributed by atoms with Crippen LogP contribution in [0.5, 0.6) is 0 Å². The maximum Gasteiger partial charge on any atom is 0.264 e. The monoisotopic (exact) mass is 344 g/mol. The Morgan fingerprint density at radius 2 is 1.67 bits per heavy atom. The van der Waals surface area contributed by atoms with Crippen LogP contribution >= 0.6 is 0 Å². The average molecular weight is 344 g/mol. The molecule has 1 aliphatic heterocycles. The third-order valence-corrected chi connectivity index (χ3v) is 4.44. The molecule has 0 unspecified atom stereocenters. The SMILES string of the molecule is CS(=O)(=O)O[C@@H]1CO[C@H](c2ccccc2)/C(=C/c2ccccc2)C1. The van der Waals surface area contributed by atoms with E-state index in [9.17, 15) is 8.42 Å². The number of ether oxygens (including phenoxy) is 1. The quantitative estimate of drug-likeness (QED) is 0.796. The molecule has 4 nitrogen and oxygen atoms in total. The molecule has 0 radical (unpaired) electrons. The fraction of sp³-hybridized carbons (Fsp3) is 0.263. The normalized spacial score (nSPS) is 23.3. The van der Waals surface area contributed by atoms with Crippen molar-refractivity contribution < 1.29 is 17.3 Å². The van der Waals surface area contributed by atoms with Crippen LogP contribution in [0, 0.1) is 0 Å². The van der Waals surface area contributed by atoms with Crippen LogP contribution in [0.3, 0.4) is 0 Å². The summed E-state index contributed by atoms with van der Waals surface area (Å²) in [6.07, 6.45) is 2.95. The summed E-state index contributed by atoms with van der Waals surface area (Å²) in [4.78, 5) is 0. The first kappa shape index (κ1) is 16.9. The number of hydrogen-bond donors (Lipinski definition) is 0. The van der Waals surface area contributed by atoms with Crippen molar-refractivity contribution in [2.24, 2.45) is 0 Å². The van der Waals surface area contributed by atoms with E-state index in [0.717, 1.165) is 23.0 Å². The van der Waals surface area contributed by atoms with Gasteiger partial charge in [-0.2, -0.15) is 8.42 Å². The summed E-state index contributed by atoms with van der Waals surface area (Å²) < 4.78 is 33.9. The van der Waals surface area contributed by atoms with Crippen molar-refractivity contribution in [3.8, 4) is 0 Å². The van der Waals surface area contributed by atoms with Gasteiger partial charge in [0.25, 0.3) is 10.1 Å². The van der Waals surface area contributed by atoms with Crippen molar-refractivity contribution in [1.29, 1.82) is 0 Å². The van der Waals surface area contributed by atoms with E-state index in [0.29, 0.717) is 6.42 Å². The lowest BCUT2D eigenvalue weighted by Gasteiger charge is -2.31. The average Bonchev–Trinajstić information content (AvgIpc) is 2.55. The van der Waals surface area contributed by atoms with Crippen molar-refractivity contribution >= 4 is 16.2 Å². The largest absolute Gasteiger partial charge is 0.366 e. The molecule has 126 valence electrons. The Hall–Kier alpha value is -1.95. The predicted molar refractivity (Wildman–Crippen MR) is 93.9 cm³/mol. The molecule has 1 saturated heterocycles. The molecule has 5 heteroatoms. The minimum absolute atomic E-state index is 0.189. The third kappa shape index (κ3) is 4.54. The standard InChI is InChI=1S/C19H20O4S/c1-24(20,21)23-18-13-17(12-15-8-4-2-5-9-15)19(22-14-18)16-10-6-3-7-11-16/h2-12,18-19H,13-14H2,1H3/b17-12+/t18-,19+/m0/s1. The Morgan fingerprint density at radius 1 is 1.04 bits per heavy atom. The summed E-state index contributed by atoms with van der Waals surface area (Å²) in [5, 5.41) is 0. The van der Waals surface area contributed by atoms with Crippen molar-refractivity contribution in [1.82, 2.24) is 0 Å². The lowest BCUT2D eigenvalue weighted by Crippen LogP contribution is -2.31. The summed E-state index contributed by atoms with van der Waals surface area (Å²) in [5.74, 6) is 0. The molecule has 0 N–H and O–H groups in total. The summed E-state index contributed by atoms with van der Waals surface area (Å²) in [7, 11) is -3.51. The molecule has 0 saturated carbocycles. The molecule has 0 bridgehead atoms. The highest BCUT2D eigenvalue weighted by molar-refractivity contribution is 7.86. The highest BCUT2D eigenvalue weighted by atomic mass is 32.2. The van der Waals surface area contributed by atoms with E-state index in [-0.39, 0.29) is 12.7 Å². The number of hydrogen-bond acceptors (Lipinski definition) is 4. The van der Waals surface area contributed by atoms with Gasteiger partial charge in [-0.3, -0.25) is 4.18 Å². The van der Waals surface area contributed by atoms with Gasteiger partial charge in [0.1, 0.15) is 12.2 Å². The fourth-order valence-electron chi connectivity index (χ4n) is 2.88. The summed E-state index contributed by atoms with van der Waals surface area (Å²) in [6, 6.07) is 19.9. The molecule has 2 aromatic rings. The molecule has 0 aliphatic carbocycles. The van der Waals surface area contributed by atoms with E-state index in [1.54, 1.807) is 0 Å². The maximum atomic E-state index is 11.4. The van der Waals surface area contributed by atoms with E-state index in [2.05, 4.69) is 6.08 Å². The molecule has 0 aromatic heterocycles. The zero-order chi connectivity index (χ0) is 17.0. The second kappa shape index (κ2) is 7.30. The Labute approximate surface area is 142 Å². The van der Waals surface area contributed by atoms with Crippen LogP contribution < -0.4 is 0 Å². The lowest BCUT2D eigenvalue weighted by molar-refractivity contribution is -0.0116. The Morgan fingerprint density at radius 3 is 2.29 bits per heavy atom. The van der Waals surface area contributed by atoms with Gasteiger partial charge >= 0.3 is 0 Å². The minimum atomic E-state index is -3.51. The van der Waals surface area contributed by atoms with Gasteiger partial charge in [0.15, 0.2) is 0 Å². The molecule has 1 fully saturated rings. The van der Waals surface area contributed by atoms with Crippen molar-refractivity contribution in [2.75, 3.05) is 12.9 Å². The van der Waals surface area contributed by atoms with Crippen LogP contribution in [0.25, 0.3) is 6.08 Å². The molecule has 0 amide bonds. The number of rotatable bonds is 4. The molecule has 2 aromatic carbocycles. The Balaban J connectivity index is 1.90. The third-order valence-electron chi connectivity index (χ3n) is 3.81. The molecular formula is C19H20O4S. The highest BCUT2D eigenvalue weighted by Crippen LogP contribution is 2.35. The van der Waals surface area contributed by atoms with Gasteiger partial charge in [0.2, 0.25) is 0 Å². The van der Waals surface area contributed by atoms with E-state index in [1.165, 1.54) is 0 Å². The fourth-order valence-corrected chi connectivity index (χ4v) is 3.50. The van der Waals surface area contributed by atoms with E-state index in [1.807, 2.05) is 60.7 Å². The number of benzene rings is 2. The van der Waals surface area contributed by atoms with Gasteiger partial charge in [-0.15, -0.1) is 0 Å². The predicted octanol–water partition coefficient (Wildman–Crippen LogP) is 3.58. The maximum absolute atomic E-state index is 11.4. The molecule has 3 rings (SSSR count). The smallest absolute Gasteiger partial charge is 0.264 e. The van der Waals surface area contributed by atoms with Crippen LogP contribution in [0.4, 0.5) is 0 Å². The van der Waals surface area contributed by atoms with Gasteiger partial charge in [0, 0.05) is 6.42 Å². The van der Waals surface area contributed by atoms with Gasteiger partial charge in [0.05, 0.1) is 12.9 Å². The molecular weight excluding hydrogens is 324 g/mol. The summed E-state index contributed by atoms with van der Waals surface area (Å²) in [6.45, 7) is 0.249. The molecule has 24 heavy (non-hydrogen) atoms. The van der Waals surface area contributed by atoms with Gasteiger partial charge < -0.3 is 4.74 Å². The zero-order valence-electron chi connectivity index (χ0n) is 13.5. The van der Waals surface area contributed by atoms with Crippen molar-refractivity contribution in [2.45, 2.75) is 18.6 Å². The van der Waals surface area contributed by atoms with Crippen molar-refractivity contribution in [3.63, 3.8) is 0 Å². The first-order valence-electron chi connectivity index (χ1n) is 7.81. The van der Waals surface area contributed by atoms with E-state index >= 15 is 0 Å². The second-order valence-electron chi connectivity index (χ2n) is 5.88. The molecule has 1 aliphatic rings. The van der Waals surface area contributed by atoms with Crippen LogP contribution in [0.2, 0.25) is 0 Å². The van der Waals surface area contributed by atoms with Crippen LogP contribution in [-0.2, 0) is 19.0 Å². The summed E-state index contributed by atoms with van der Waals surface area (Å²) >= 11 is 0. The van der Waals surface area contributed by atoms with Crippen LogP contribution in [0.15, 0.2) is 66.2 Å². The van der Waals surface area contributed by atoms with Crippen molar-refractivity contribution in [3.05, 3.63) is 77.4 Å². The zero-order valence-corrected chi connectivity index (χ0v) is 14.3. The first-order valence-corrected chi connectivity index (χ1v) is 9.63. The molecule has 0 spiro atoms. The van der Waals surface area contributed by atoms with E-state index < -0.39 is 16.2 Å². The summed E-state index contributed by atoms with van der Waals surface area (Å²) in [5.41, 5.74) is 3.11. The minimum Gasteiger partial charge on any atom is -0.366 e. The second-order valence-corrected chi connectivity index (χ2v) is 7.48. The van der Waals surface area contributed by atoms with E-state index in [4.69, 9.17) is 8.92 Å². The first-order chi connectivity index (χ1) is 11.5. The Bertz CT molecular complexity index is 798.